The van der Waals surface area contributed by atoms with E-state index in [2.05, 4.69) is 0 Å². The van der Waals surface area contributed by atoms with Crippen LogP contribution in [0.15, 0.2) is 0 Å². The number of hydrogen-bond acceptors (Lipinski definition) is 5. The Balaban J connectivity index is 2.68. The Bertz CT molecular complexity index is 199. The van der Waals surface area contributed by atoms with E-state index in [0.717, 1.165) is 0 Å². The van der Waals surface area contributed by atoms with Crippen LogP contribution in [-0.2, 0) is 4.79 Å². The lowest BCUT2D eigenvalue weighted by Gasteiger charge is -2.21. The lowest BCUT2D eigenvalue weighted by atomic mass is 10.1. The zero-order valence-corrected chi connectivity index (χ0v) is 7.13. The van der Waals surface area contributed by atoms with Crippen LogP contribution in [-0.4, -0.2) is 64.1 Å². The van der Waals surface area contributed by atoms with Gasteiger partial charge in [0.05, 0.1) is 12.7 Å². The molecule has 1 heterocycles. The van der Waals surface area contributed by atoms with E-state index in [1.54, 1.807) is 0 Å². The van der Waals surface area contributed by atoms with E-state index in [4.69, 9.17) is 10.8 Å². The average Bonchev–Trinajstić information content (AvgIpc) is 2.28. The SMILES string of the molecule is NC(=O)[C@H]1[C@@H](O)[C@@H](O)CN1CCO. The number of carbonyl (C=O) groups excluding carboxylic acids is 1. The third-order valence-corrected chi connectivity index (χ3v) is 2.21. The van der Waals surface area contributed by atoms with Crippen molar-refractivity contribution in [2.24, 2.45) is 5.73 Å². The van der Waals surface area contributed by atoms with Crippen LogP contribution in [0.3, 0.4) is 0 Å². The second-order valence-corrected chi connectivity index (χ2v) is 3.12. The molecule has 6 nitrogen and oxygen atoms in total. The second kappa shape index (κ2) is 4.01. The molecule has 0 unspecified atom stereocenters. The fourth-order valence-corrected chi connectivity index (χ4v) is 1.60. The molecule has 13 heavy (non-hydrogen) atoms. The van der Waals surface area contributed by atoms with Gasteiger partial charge in [0.1, 0.15) is 12.1 Å². The molecule has 0 aromatic carbocycles. The van der Waals surface area contributed by atoms with Gasteiger partial charge in [-0.15, -0.1) is 0 Å². The van der Waals surface area contributed by atoms with Crippen molar-refractivity contribution in [2.45, 2.75) is 18.2 Å². The second-order valence-electron chi connectivity index (χ2n) is 3.12. The van der Waals surface area contributed by atoms with Crippen LogP contribution in [0.5, 0.6) is 0 Å². The van der Waals surface area contributed by atoms with Crippen molar-refractivity contribution in [2.75, 3.05) is 19.7 Å². The summed E-state index contributed by atoms with van der Waals surface area (Å²) in [5.74, 6) is -0.683. The Kier molecular flexibility index (Phi) is 3.21. The molecular formula is C7H14N2O4. The van der Waals surface area contributed by atoms with Crippen molar-refractivity contribution < 1.29 is 20.1 Å². The van der Waals surface area contributed by atoms with Gasteiger partial charge in [0.25, 0.3) is 0 Å². The summed E-state index contributed by atoms with van der Waals surface area (Å²) in [6.45, 7) is 0.250. The van der Waals surface area contributed by atoms with E-state index in [0.29, 0.717) is 0 Å². The molecule has 1 amide bonds. The summed E-state index contributed by atoms with van der Waals surface area (Å²) in [5.41, 5.74) is 5.04. The average molecular weight is 190 g/mol. The van der Waals surface area contributed by atoms with Crippen molar-refractivity contribution in [1.29, 1.82) is 0 Å². The zero-order valence-electron chi connectivity index (χ0n) is 7.13. The number of β-amino-alcohol motifs (C(OH)–C–C–N with tert-alkyl or cyclic N) is 2. The molecule has 1 rings (SSSR count). The highest BCUT2D eigenvalue weighted by molar-refractivity contribution is 5.81. The van der Waals surface area contributed by atoms with Crippen molar-refractivity contribution in [3.8, 4) is 0 Å². The zero-order chi connectivity index (χ0) is 10.0. The van der Waals surface area contributed by atoms with Crippen LogP contribution in [0.2, 0.25) is 0 Å². The molecule has 1 saturated heterocycles. The van der Waals surface area contributed by atoms with Crippen LogP contribution in [0.1, 0.15) is 0 Å². The Morgan fingerprint density at radius 3 is 2.62 bits per heavy atom. The summed E-state index contributed by atoms with van der Waals surface area (Å²) in [4.78, 5) is 12.3. The van der Waals surface area contributed by atoms with Crippen molar-refractivity contribution in [1.82, 2.24) is 4.90 Å². The van der Waals surface area contributed by atoms with Gasteiger partial charge in [-0.2, -0.15) is 0 Å². The van der Waals surface area contributed by atoms with Gasteiger partial charge < -0.3 is 21.1 Å². The summed E-state index contributed by atoms with van der Waals surface area (Å²) in [6, 6.07) is -0.887. The molecule has 1 aliphatic heterocycles. The third kappa shape index (κ3) is 1.97. The Morgan fingerprint density at radius 1 is 1.54 bits per heavy atom. The van der Waals surface area contributed by atoms with E-state index in [1.165, 1.54) is 4.90 Å². The summed E-state index contributed by atoms with van der Waals surface area (Å²) in [7, 11) is 0. The molecule has 0 radical (unpaired) electrons. The Hall–Kier alpha value is -0.690. The molecule has 6 heteroatoms. The van der Waals surface area contributed by atoms with Crippen LogP contribution in [0, 0.1) is 0 Å². The highest BCUT2D eigenvalue weighted by Gasteiger charge is 2.42. The van der Waals surface area contributed by atoms with E-state index in [1.807, 2.05) is 0 Å². The smallest absolute Gasteiger partial charge is 0.237 e. The predicted molar refractivity (Wildman–Crippen MR) is 43.7 cm³/mol. The largest absolute Gasteiger partial charge is 0.395 e. The van der Waals surface area contributed by atoms with Crippen LogP contribution >= 0.6 is 0 Å². The van der Waals surface area contributed by atoms with Crippen LogP contribution < -0.4 is 5.73 Å². The maximum absolute atomic E-state index is 10.9. The summed E-state index contributed by atoms with van der Waals surface area (Å²) < 4.78 is 0. The van der Waals surface area contributed by atoms with Gasteiger partial charge >= 0.3 is 0 Å². The lowest BCUT2D eigenvalue weighted by molar-refractivity contribution is -0.125. The maximum atomic E-state index is 10.9. The van der Waals surface area contributed by atoms with E-state index in [-0.39, 0.29) is 19.7 Å². The summed E-state index contributed by atoms with van der Waals surface area (Å²) in [5, 5.41) is 27.2. The normalized spacial score (nSPS) is 35.2. The molecule has 5 N–H and O–H groups in total. The Morgan fingerprint density at radius 2 is 2.15 bits per heavy atom. The monoisotopic (exact) mass is 190 g/mol. The van der Waals surface area contributed by atoms with Gasteiger partial charge in [-0.3, -0.25) is 9.69 Å². The molecule has 0 aliphatic carbocycles. The predicted octanol–water partition coefficient (Wildman–Crippen LogP) is -3.13. The lowest BCUT2D eigenvalue weighted by Crippen LogP contribution is -2.47. The molecule has 1 fully saturated rings. The quantitative estimate of drug-likeness (QED) is 0.376. The van der Waals surface area contributed by atoms with Gasteiger partial charge in [0.15, 0.2) is 0 Å². The number of carbonyl (C=O) groups is 1. The van der Waals surface area contributed by atoms with E-state index in [9.17, 15) is 15.0 Å². The minimum atomic E-state index is -1.15. The first-order valence-corrected chi connectivity index (χ1v) is 4.08. The minimum Gasteiger partial charge on any atom is -0.395 e. The first-order chi connectivity index (χ1) is 6.07. The third-order valence-electron chi connectivity index (χ3n) is 2.21. The van der Waals surface area contributed by atoms with E-state index < -0.39 is 24.2 Å². The first kappa shape index (κ1) is 10.4. The number of rotatable bonds is 3. The number of likely N-dealkylation sites (tertiary alicyclic amines) is 1. The summed E-state index contributed by atoms with van der Waals surface area (Å²) >= 11 is 0. The number of aliphatic hydroxyl groups is 3. The van der Waals surface area contributed by atoms with Gasteiger partial charge in [0, 0.05) is 13.1 Å². The fraction of sp³-hybridized carbons (Fsp3) is 0.857. The number of aliphatic hydroxyl groups excluding tert-OH is 3. The molecule has 3 atom stereocenters. The van der Waals surface area contributed by atoms with Crippen LogP contribution in [0.4, 0.5) is 0 Å². The molecule has 0 spiro atoms. The number of hydrogen-bond donors (Lipinski definition) is 4. The molecule has 0 aromatic rings. The number of nitrogens with two attached hydrogens (primary N) is 1. The van der Waals surface area contributed by atoms with Crippen molar-refractivity contribution in [3.05, 3.63) is 0 Å². The molecule has 0 aromatic heterocycles. The van der Waals surface area contributed by atoms with Gasteiger partial charge in [0.2, 0.25) is 5.91 Å². The van der Waals surface area contributed by atoms with Crippen LogP contribution in [0.25, 0.3) is 0 Å². The topological polar surface area (TPSA) is 107 Å². The summed E-state index contributed by atoms with van der Waals surface area (Å²) in [6.07, 6.45) is -2.12. The molecule has 0 bridgehead atoms. The highest BCUT2D eigenvalue weighted by Crippen LogP contribution is 2.17. The molecule has 76 valence electrons. The van der Waals surface area contributed by atoms with Gasteiger partial charge in [-0.25, -0.2) is 0 Å². The van der Waals surface area contributed by atoms with E-state index >= 15 is 0 Å². The number of primary amides is 1. The van der Waals surface area contributed by atoms with Crippen molar-refractivity contribution in [3.63, 3.8) is 0 Å². The first-order valence-electron chi connectivity index (χ1n) is 4.08. The molecule has 0 saturated carbocycles. The van der Waals surface area contributed by atoms with Gasteiger partial charge in [-0.05, 0) is 0 Å². The molecular weight excluding hydrogens is 176 g/mol. The van der Waals surface area contributed by atoms with Crippen molar-refractivity contribution >= 4 is 5.91 Å². The maximum Gasteiger partial charge on any atom is 0.237 e. The standard InChI is InChI=1S/C7H14N2O4/c8-7(13)5-6(12)4(11)3-9(5)1-2-10/h4-6,10-12H,1-3H2,(H2,8,13)/t4-,5+,6-/m0/s1. The highest BCUT2D eigenvalue weighted by atomic mass is 16.3. The number of nitrogens with zero attached hydrogens (tertiary/aromatic N) is 1. The van der Waals surface area contributed by atoms with Gasteiger partial charge in [-0.1, -0.05) is 0 Å². The minimum absolute atomic E-state index is 0.136. The number of amides is 1. The molecule has 1 aliphatic rings. The Labute approximate surface area is 75.6 Å². The fourth-order valence-electron chi connectivity index (χ4n) is 1.60.